The summed E-state index contributed by atoms with van der Waals surface area (Å²) in [7, 11) is -4.16. The lowest BCUT2D eigenvalue weighted by Gasteiger charge is -2.27. The third kappa shape index (κ3) is 2.02. The maximum absolute atomic E-state index is 11.5. The smallest absolute Gasteiger partial charge is 0.386 e. The normalized spacial score (nSPS) is 38.3. The van der Waals surface area contributed by atoms with Crippen molar-refractivity contribution in [2.45, 2.75) is 24.5 Å². The number of anilines is 1. The first-order valence-corrected chi connectivity index (χ1v) is 7.88. The van der Waals surface area contributed by atoms with Gasteiger partial charge in [-0.15, -0.1) is 0 Å². The molecule has 12 heteroatoms. The molecule has 4 heterocycles. The number of aromatic nitrogens is 4. The second-order valence-corrected chi connectivity index (χ2v) is 6.38. The van der Waals surface area contributed by atoms with Gasteiger partial charge in [-0.3, -0.25) is 13.6 Å². The van der Waals surface area contributed by atoms with Crippen molar-refractivity contribution in [2.75, 3.05) is 12.3 Å². The molecule has 2 unspecified atom stereocenters. The number of aliphatic hydroxyl groups is 1. The molecule has 2 aliphatic rings. The minimum atomic E-state index is -4.16. The molecule has 0 aliphatic carbocycles. The minimum absolute atomic E-state index is 0.157. The van der Waals surface area contributed by atoms with Crippen molar-refractivity contribution in [1.29, 1.82) is 0 Å². The summed E-state index contributed by atoms with van der Waals surface area (Å²) in [5.74, 6) is 0.202. The Labute approximate surface area is 123 Å². The van der Waals surface area contributed by atoms with Gasteiger partial charge < -0.3 is 20.5 Å². The standard InChI is InChI=1S/C10H12N5O6P/c11-8-5-9(13-2-12-8)15(3-14-5)10-6(16)7-4(20-10)1-19-22(17,18)21-7/h2-4,6-7,10,16H,1H2,(H,17,18)(H2,11,12,13)/t4-,6-,7-,10?/m1/s1. The Bertz CT molecular complexity index is 782. The summed E-state index contributed by atoms with van der Waals surface area (Å²) in [5.41, 5.74) is 6.46. The molecule has 0 aromatic carbocycles. The third-order valence-corrected chi connectivity index (χ3v) is 4.61. The van der Waals surface area contributed by atoms with Gasteiger partial charge in [0.1, 0.15) is 30.2 Å². The number of aliphatic hydroxyl groups excluding tert-OH is 1. The number of nitrogen functional groups attached to an aromatic ring is 1. The topological polar surface area (TPSA) is 155 Å². The van der Waals surface area contributed by atoms with Crippen LogP contribution in [0.5, 0.6) is 0 Å². The molecule has 4 rings (SSSR count). The van der Waals surface area contributed by atoms with Gasteiger partial charge in [-0.1, -0.05) is 0 Å². The monoisotopic (exact) mass is 329 g/mol. The van der Waals surface area contributed by atoms with Crippen LogP contribution in [0.1, 0.15) is 6.23 Å². The molecular formula is C10H12N5O6P. The second-order valence-electron chi connectivity index (χ2n) is 4.97. The van der Waals surface area contributed by atoms with Crippen molar-refractivity contribution >= 4 is 24.8 Å². The number of nitrogens with two attached hydrogens (primary N) is 1. The van der Waals surface area contributed by atoms with Gasteiger partial charge in [-0.25, -0.2) is 19.5 Å². The predicted molar refractivity (Wildman–Crippen MR) is 70.3 cm³/mol. The molecule has 11 nitrogen and oxygen atoms in total. The largest absolute Gasteiger partial charge is 0.472 e. The highest BCUT2D eigenvalue weighted by Gasteiger charge is 2.52. The zero-order chi connectivity index (χ0) is 15.5. The maximum atomic E-state index is 11.5. The van der Waals surface area contributed by atoms with Crippen molar-refractivity contribution in [1.82, 2.24) is 19.5 Å². The number of fused-ring (bicyclic) bond motifs is 2. The van der Waals surface area contributed by atoms with E-state index in [0.717, 1.165) is 0 Å². The number of rotatable bonds is 1. The molecule has 22 heavy (non-hydrogen) atoms. The fourth-order valence-corrected chi connectivity index (χ4v) is 3.59. The summed E-state index contributed by atoms with van der Waals surface area (Å²) in [4.78, 5) is 21.3. The van der Waals surface area contributed by atoms with E-state index in [1.165, 1.54) is 17.2 Å². The van der Waals surface area contributed by atoms with Crippen molar-refractivity contribution in [2.24, 2.45) is 0 Å². The van der Waals surface area contributed by atoms with Gasteiger partial charge in [0.05, 0.1) is 12.9 Å². The van der Waals surface area contributed by atoms with E-state index >= 15 is 0 Å². The maximum Gasteiger partial charge on any atom is 0.472 e. The van der Waals surface area contributed by atoms with E-state index in [-0.39, 0.29) is 12.4 Å². The molecule has 118 valence electrons. The van der Waals surface area contributed by atoms with Crippen LogP contribution in [0.3, 0.4) is 0 Å². The molecule has 0 spiro atoms. The first kappa shape index (κ1) is 14.0. The van der Waals surface area contributed by atoms with Crippen LogP contribution in [0.2, 0.25) is 0 Å². The first-order chi connectivity index (χ1) is 10.5. The molecule has 5 atom stereocenters. The van der Waals surface area contributed by atoms with E-state index in [0.29, 0.717) is 11.2 Å². The molecule has 2 aromatic heterocycles. The highest BCUT2D eigenvalue weighted by atomic mass is 31.2. The van der Waals surface area contributed by atoms with Crippen LogP contribution in [0.25, 0.3) is 11.2 Å². The number of ether oxygens (including phenoxy) is 1. The van der Waals surface area contributed by atoms with Crippen LogP contribution in [0.15, 0.2) is 12.7 Å². The van der Waals surface area contributed by atoms with Gasteiger partial charge in [0.25, 0.3) is 0 Å². The van der Waals surface area contributed by atoms with Gasteiger partial charge in [0, 0.05) is 0 Å². The van der Waals surface area contributed by atoms with Crippen LogP contribution in [-0.2, 0) is 18.3 Å². The van der Waals surface area contributed by atoms with Gasteiger partial charge in [0.15, 0.2) is 17.7 Å². The van der Waals surface area contributed by atoms with Crippen LogP contribution in [0.4, 0.5) is 5.82 Å². The van der Waals surface area contributed by atoms with Gasteiger partial charge in [-0.2, -0.15) is 0 Å². The minimum Gasteiger partial charge on any atom is -0.386 e. The van der Waals surface area contributed by atoms with Crippen LogP contribution in [-0.4, -0.2) is 54.4 Å². The number of hydrogen-bond donors (Lipinski definition) is 3. The molecule has 4 N–H and O–H groups in total. The second kappa shape index (κ2) is 4.69. The fourth-order valence-electron chi connectivity index (χ4n) is 2.62. The summed E-state index contributed by atoms with van der Waals surface area (Å²) in [6, 6.07) is 0. The number of nitrogens with zero attached hydrogens (tertiary/aromatic N) is 4. The molecule has 0 amide bonds. The Morgan fingerprint density at radius 2 is 2.23 bits per heavy atom. The van der Waals surface area contributed by atoms with Crippen LogP contribution >= 0.6 is 7.82 Å². The number of imidazole rings is 1. The van der Waals surface area contributed by atoms with Crippen LogP contribution in [0, 0.1) is 0 Å². The molecular weight excluding hydrogens is 317 g/mol. The van der Waals surface area contributed by atoms with Crippen molar-refractivity contribution in [3.63, 3.8) is 0 Å². The lowest BCUT2D eigenvalue weighted by molar-refractivity contribution is -0.0664. The zero-order valence-electron chi connectivity index (χ0n) is 11.0. The lowest BCUT2D eigenvalue weighted by atomic mass is 10.1. The Balaban J connectivity index is 1.71. The molecule has 2 aliphatic heterocycles. The molecule has 2 aromatic rings. The third-order valence-electron chi connectivity index (χ3n) is 3.63. The van der Waals surface area contributed by atoms with E-state index in [1.54, 1.807) is 0 Å². The van der Waals surface area contributed by atoms with Crippen molar-refractivity contribution in [3.05, 3.63) is 12.7 Å². The van der Waals surface area contributed by atoms with Gasteiger partial charge in [-0.05, 0) is 0 Å². The fraction of sp³-hybridized carbons (Fsp3) is 0.500. The van der Waals surface area contributed by atoms with E-state index in [2.05, 4.69) is 19.5 Å². The highest BCUT2D eigenvalue weighted by molar-refractivity contribution is 7.47. The molecule has 2 fully saturated rings. The lowest BCUT2D eigenvalue weighted by Crippen LogP contribution is -2.39. The molecule has 2 saturated heterocycles. The average Bonchev–Trinajstić information content (AvgIpc) is 3.01. The average molecular weight is 329 g/mol. The SMILES string of the molecule is Nc1ncnc2c1ncn2C1O[C@@H]2COP(=O)(O)O[C@H]2[C@H]1O. The predicted octanol–water partition coefficient (Wildman–Crippen LogP) is -0.817. The summed E-state index contributed by atoms with van der Waals surface area (Å²) in [6.45, 7) is -0.157. The Kier molecular flexibility index (Phi) is 2.98. The van der Waals surface area contributed by atoms with Gasteiger partial charge in [0.2, 0.25) is 0 Å². The van der Waals surface area contributed by atoms with E-state index in [4.69, 9.17) is 15.0 Å². The van der Waals surface area contributed by atoms with Crippen molar-refractivity contribution < 1.29 is 28.3 Å². The van der Waals surface area contributed by atoms with Crippen molar-refractivity contribution in [3.8, 4) is 0 Å². The van der Waals surface area contributed by atoms with Gasteiger partial charge >= 0.3 is 7.82 Å². The zero-order valence-corrected chi connectivity index (χ0v) is 11.9. The summed E-state index contributed by atoms with van der Waals surface area (Å²) >= 11 is 0. The summed E-state index contributed by atoms with van der Waals surface area (Å²) in [5, 5.41) is 10.4. The molecule has 0 radical (unpaired) electrons. The van der Waals surface area contributed by atoms with E-state index in [9.17, 15) is 14.6 Å². The summed E-state index contributed by atoms with van der Waals surface area (Å²) in [6.07, 6.45) is -1.07. The van der Waals surface area contributed by atoms with E-state index in [1.807, 2.05) is 0 Å². The Morgan fingerprint density at radius 1 is 1.41 bits per heavy atom. The molecule has 0 saturated carbocycles. The Hall–Kier alpha value is -1.62. The summed E-state index contributed by atoms with van der Waals surface area (Å²) < 4.78 is 28.2. The quantitative estimate of drug-likeness (QED) is 0.565. The Morgan fingerprint density at radius 3 is 3.05 bits per heavy atom. The first-order valence-electron chi connectivity index (χ1n) is 6.38. The number of phosphoric ester groups is 1. The van der Waals surface area contributed by atoms with E-state index < -0.39 is 32.4 Å². The number of hydrogen-bond acceptors (Lipinski definition) is 9. The molecule has 0 bridgehead atoms. The number of phosphoric acid groups is 1. The van der Waals surface area contributed by atoms with Crippen LogP contribution < -0.4 is 5.73 Å². The highest BCUT2D eigenvalue weighted by Crippen LogP contribution is 2.52.